The molecule has 0 spiro atoms. The van der Waals surface area contributed by atoms with Crippen molar-refractivity contribution in [3.63, 3.8) is 0 Å². The third-order valence-corrected chi connectivity index (χ3v) is 9.28. The summed E-state index contributed by atoms with van der Waals surface area (Å²) in [5.74, 6) is 0.777. The highest BCUT2D eigenvalue weighted by Crippen LogP contribution is 2.46. The molecule has 5 aromatic carbocycles. The van der Waals surface area contributed by atoms with Crippen LogP contribution in [0.25, 0.3) is 22.5 Å². The molecule has 0 bridgehead atoms. The van der Waals surface area contributed by atoms with Crippen molar-refractivity contribution >= 4 is 11.6 Å². The van der Waals surface area contributed by atoms with Crippen molar-refractivity contribution < 1.29 is 0 Å². The smallest absolute Gasteiger partial charge is 0.184 e. The van der Waals surface area contributed by atoms with E-state index in [1.54, 1.807) is 6.33 Å². The first-order valence-corrected chi connectivity index (χ1v) is 16.4. The number of nitrogens with zero attached hydrogens (tertiary/aromatic N) is 5. The number of aromatic nitrogens is 6. The molecule has 7 rings (SSSR count). The van der Waals surface area contributed by atoms with Crippen molar-refractivity contribution in [1.82, 2.24) is 30.2 Å². The molecule has 47 heavy (non-hydrogen) atoms. The summed E-state index contributed by atoms with van der Waals surface area (Å²) >= 11 is 7.13. The molecule has 7 aromatic rings. The lowest BCUT2D eigenvalue weighted by atomic mass is 9.76. The molecular formula is C40H35ClN6. The standard InChI is InChI=1S/C40H35ClN6/c1-2-3-21-34(38-27-42-28-43-38)30-24-25-33(29-15-7-4-8-16-29)35(26-30)39-44-45-46-47(39)40(31-17-9-5-10-18-31,32-19-11-6-12-20-32)36-22-13-14-23-37(36)41/h4-20,22-28,34H,2-3,21H2,1H3,(H,42,43). The second-order valence-corrected chi connectivity index (χ2v) is 12.1. The Labute approximate surface area is 280 Å². The lowest BCUT2D eigenvalue weighted by Crippen LogP contribution is -2.39. The summed E-state index contributed by atoms with van der Waals surface area (Å²) in [6, 6.07) is 45.8. The first-order valence-electron chi connectivity index (χ1n) is 16.0. The van der Waals surface area contributed by atoms with Crippen LogP contribution in [0.5, 0.6) is 0 Å². The molecule has 0 saturated heterocycles. The molecule has 1 unspecified atom stereocenters. The van der Waals surface area contributed by atoms with E-state index in [0.29, 0.717) is 10.8 Å². The molecule has 0 amide bonds. The zero-order valence-electron chi connectivity index (χ0n) is 26.2. The predicted octanol–water partition coefficient (Wildman–Crippen LogP) is 9.55. The number of hydrogen-bond donors (Lipinski definition) is 1. The van der Waals surface area contributed by atoms with Gasteiger partial charge in [0.1, 0.15) is 5.54 Å². The Balaban J connectivity index is 1.55. The fraction of sp³-hybridized carbons (Fsp3) is 0.150. The number of unbranched alkanes of at least 4 members (excludes halogenated alkanes) is 1. The average Bonchev–Trinajstić information content (AvgIpc) is 3.85. The quantitative estimate of drug-likeness (QED) is 0.144. The number of hydrogen-bond acceptors (Lipinski definition) is 4. The lowest BCUT2D eigenvalue weighted by molar-refractivity contribution is 0.451. The van der Waals surface area contributed by atoms with Gasteiger partial charge in [-0.1, -0.05) is 153 Å². The molecule has 2 aromatic heterocycles. The van der Waals surface area contributed by atoms with Crippen LogP contribution in [0, 0.1) is 0 Å². The van der Waals surface area contributed by atoms with Gasteiger partial charge in [0.25, 0.3) is 0 Å². The molecule has 1 N–H and O–H groups in total. The van der Waals surface area contributed by atoms with Gasteiger partial charge < -0.3 is 4.98 Å². The zero-order chi connectivity index (χ0) is 32.1. The Morgan fingerprint density at radius 2 is 1.43 bits per heavy atom. The SMILES string of the molecule is CCCCC(c1ccc(-c2ccccc2)c(-c2nnnn2C(c2ccccc2)(c2ccccc2)c2ccccc2Cl)c1)c1cnc[nH]1. The van der Waals surface area contributed by atoms with E-state index in [4.69, 9.17) is 21.9 Å². The van der Waals surface area contributed by atoms with Crippen LogP contribution in [0.2, 0.25) is 5.02 Å². The normalized spacial score (nSPS) is 12.2. The Bertz CT molecular complexity index is 2000. The Morgan fingerprint density at radius 3 is 2.06 bits per heavy atom. The Hall–Kier alpha value is -5.33. The molecule has 0 radical (unpaired) electrons. The van der Waals surface area contributed by atoms with Gasteiger partial charge in [-0.25, -0.2) is 9.67 Å². The van der Waals surface area contributed by atoms with Gasteiger partial charge in [0.15, 0.2) is 5.82 Å². The van der Waals surface area contributed by atoms with Gasteiger partial charge in [-0.2, -0.15) is 0 Å². The van der Waals surface area contributed by atoms with Gasteiger partial charge in [-0.05, 0) is 56.8 Å². The first kappa shape index (κ1) is 30.3. The van der Waals surface area contributed by atoms with E-state index in [2.05, 4.69) is 94.9 Å². The van der Waals surface area contributed by atoms with Crippen molar-refractivity contribution in [2.75, 3.05) is 0 Å². The molecule has 0 fully saturated rings. The van der Waals surface area contributed by atoms with Crippen LogP contribution >= 0.6 is 11.6 Å². The maximum Gasteiger partial charge on any atom is 0.184 e. The minimum Gasteiger partial charge on any atom is -0.348 e. The molecular weight excluding hydrogens is 600 g/mol. The molecule has 232 valence electrons. The lowest BCUT2D eigenvalue weighted by Gasteiger charge is -2.37. The summed E-state index contributed by atoms with van der Waals surface area (Å²) in [6.45, 7) is 2.23. The highest BCUT2D eigenvalue weighted by atomic mass is 35.5. The van der Waals surface area contributed by atoms with Crippen LogP contribution in [0.4, 0.5) is 0 Å². The average molecular weight is 635 g/mol. The topological polar surface area (TPSA) is 72.3 Å². The zero-order valence-corrected chi connectivity index (χ0v) is 26.9. The van der Waals surface area contributed by atoms with E-state index in [1.807, 2.05) is 71.5 Å². The summed E-state index contributed by atoms with van der Waals surface area (Å²) in [7, 11) is 0. The van der Waals surface area contributed by atoms with Gasteiger partial charge in [-0.3, -0.25) is 0 Å². The predicted molar refractivity (Wildman–Crippen MR) is 188 cm³/mol. The summed E-state index contributed by atoms with van der Waals surface area (Å²) in [4.78, 5) is 7.75. The largest absolute Gasteiger partial charge is 0.348 e. The van der Waals surface area contributed by atoms with Crippen LogP contribution in [0.1, 0.15) is 60.1 Å². The summed E-state index contributed by atoms with van der Waals surface area (Å²) in [6.07, 6.45) is 6.88. The van der Waals surface area contributed by atoms with Crippen LogP contribution < -0.4 is 0 Å². The van der Waals surface area contributed by atoms with Crippen LogP contribution in [-0.2, 0) is 5.54 Å². The molecule has 0 aliphatic rings. The summed E-state index contributed by atoms with van der Waals surface area (Å²) < 4.78 is 1.96. The van der Waals surface area contributed by atoms with Gasteiger partial charge in [-0.15, -0.1) is 5.10 Å². The van der Waals surface area contributed by atoms with Gasteiger partial charge >= 0.3 is 0 Å². The molecule has 0 saturated carbocycles. The second kappa shape index (κ2) is 13.6. The van der Waals surface area contributed by atoms with E-state index in [1.165, 1.54) is 5.56 Å². The third kappa shape index (κ3) is 5.66. The third-order valence-electron chi connectivity index (χ3n) is 8.95. The fourth-order valence-corrected chi connectivity index (χ4v) is 7.00. The monoisotopic (exact) mass is 634 g/mol. The number of H-pyrrole nitrogens is 1. The van der Waals surface area contributed by atoms with Crippen LogP contribution in [0.3, 0.4) is 0 Å². The molecule has 6 nitrogen and oxygen atoms in total. The van der Waals surface area contributed by atoms with E-state index < -0.39 is 5.54 Å². The minimum atomic E-state index is -0.991. The molecule has 0 aliphatic carbocycles. The second-order valence-electron chi connectivity index (χ2n) is 11.7. The van der Waals surface area contributed by atoms with Crippen molar-refractivity contribution in [1.29, 1.82) is 0 Å². The van der Waals surface area contributed by atoms with E-state index in [9.17, 15) is 0 Å². The minimum absolute atomic E-state index is 0.141. The van der Waals surface area contributed by atoms with Crippen molar-refractivity contribution in [2.45, 2.75) is 37.6 Å². The number of rotatable bonds is 11. The van der Waals surface area contributed by atoms with Crippen molar-refractivity contribution in [3.05, 3.63) is 179 Å². The number of nitrogens with one attached hydrogen (secondary N) is 1. The van der Waals surface area contributed by atoms with Crippen molar-refractivity contribution in [3.8, 4) is 22.5 Å². The highest BCUT2D eigenvalue weighted by molar-refractivity contribution is 6.31. The van der Waals surface area contributed by atoms with E-state index in [-0.39, 0.29) is 5.92 Å². The van der Waals surface area contributed by atoms with Gasteiger partial charge in [0, 0.05) is 34.0 Å². The highest BCUT2D eigenvalue weighted by Gasteiger charge is 2.43. The molecule has 0 aliphatic heterocycles. The fourth-order valence-electron chi connectivity index (χ4n) is 6.73. The maximum atomic E-state index is 7.13. The Morgan fingerprint density at radius 1 is 0.766 bits per heavy atom. The van der Waals surface area contributed by atoms with E-state index >= 15 is 0 Å². The number of aromatic amines is 1. The molecule has 2 heterocycles. The summed E-state index contributed by atoms with van der Waals surface area (Å²) in [5.41, 5.74) is 7.19. The van der Waals surface area contributed by atoms with Crippen LogP contribution in [-0.4, -0.2) is 30.2 Å². The number of tetrazole rings is 1. The van der Waals surface area contributed by atoms with Crippen molar-refractivity contribution in [2.24, 2.45) is 0 Å². The van der Waals surface area contributed by atoms with Gasteiger partial charge in [0.05, 0.1) is 6.33 Å². The number of halogens is 1. The van der Waals surface area contributed by atoms with Gasteiger partial charge in [0.2, 0.25) is 0 Å². The first-order chi connectivity index (χ1) is 23.2. The number of benzene rings is 5. The van der Waals surface area contributed by atoms with Crippen LogP contribution in [0.15, 0.2) is 146 Å². The molecule has 1 atom stereocenters. The number of imidazole rings is 1. The Kier molecular flexibility index (Phi) is 8.76. The summed E-state index contributed by atoms with van der Waals surface area (Å²) in [5, 5.41) is 14.6. The maximum absolute atomic E-state index is 7.13. The van der Waals surface area contributed by atoms with E-state index in [0.717, 1.165) is 58.3 Å². The molecule has 7 heteroatoms.